The predicted octanol–water partition coefficient (Wildman–Crippen LogP) is 2.47. The molecule has 2 heterocycles. The fourth-order valence-electron chi connectivity index (χ4n) is 2.31. The molecule has 1 unspecified atom stereocenters. The van der Waals surface area contributed by atoms with Crippen molar-refractivity contribution in [3.8, 4) is 0 Å². The molecule has 0 radical (unpaired) electrons. The number of halogens is 1. The van der Waals surface area contributed by atoms with Gasteiger partial charge in [0.15, 0.2) is 0 Å². The third kappa shape index (κ3) is 3.26. The molecule has 0 saturated heterocycles. The van der Waals surface area contributed by atoms with E-state index in [1.807, 2.05) is 11.6 Å². The molecule has 6 heteroatoms. The number of pyridine rings is 1. The van der Waals surface area contributed by atoms with E-state index in [1.165, 1.54) is 12.1 Å². The van der Waals surface area contributed by atoms with Crippen molar-refractivity contribution in [3.63, 3.8) is 0 Å². The molecule has 0 bridgehead atoms. The van der Waals surface area contributed by atoms with E-state index < -0.39 is 6.04 Å². The van der Waals surface area contributed by atoms with Gasteiger partial charge in [-0.15, -0.1) is 0 Å². The van der Waals surface area contributed by atoms with Crippen molar-refractivity contribution < 1.29 is 9.18 Å². The standard InChI is InChI=1S/C17H15FN4O/c1-22-11-10-20-16(22)15(12-5-7-13(18)8-6-12)21-17(23)14-4-2-3-9-19-14/h2-11,15H,1H3,(H,21,23). The van der Waals surface area contributed by atoms with Crippen molar-refractivity contribution in [1.29, 1.82) is 0 Å². The molecule has 0 aliphatic carbocycles. The van der Waals surface area contributed by atoms with E-state index in [-0.39, 0.29) is 11.7 Å². The Labute approximate surface area is 132 Å². The smallest absolute Gasteiger partial charge is 0.270 e. The Bertz CT molecular complexity index is 799. The van der Waals surface area contributed by atoms with Crippen LogP contribution in [0.25, 0.3) is 0 Å². The van der Waals surface area contributed by atoms with E-state index >= 15 is 0 Å². The summed E-state index contributed by atoms with van der Waals surface area (Å²) in [5.74, 6) is 0.00667. The number of carbonyl (C=O) groups excluding carboxylic acids is 1. The van der Waals surface area contributed by atoms with Gasteiger partial charge in [-0.05, 0) is 29.8 Å². The number of carbonyl (C=O) groups is 1. The lowest BCUT2D eigenvalue weighted by Gasteiger charge is -2.19. The molecule has 3 aromatic rings. The van der Waals surface area contributed by atoms with Gasteiger partial charge >= 0.3 is 0 Å². The van der Waals surface area contributed by atoms with Gasteiger partial charge < -0.3 is 9.88 Å². The fourth-order valence-corrected chi connectivity index (χ4v) is 2.31. The number of rotatable bonds is 4. The normalized spacial score (nSPS) is 11.9. The van der Waals surface area contributed by atoms with Gasteiger partial charge in [0.2, 0.25) is 0 Å². The topological polar surface area (TPSA) is 59.8 Å². The summed E-state index contributed by atoms with van der Waals surface area (Å²) in [6.07, 6.45) is 5.00. The molecule has 0 fully saturated rings. The van der Waals surface area contributed by atoms with Gasteiger partial charge in [-0.3, -0.25) is 9.78 Å². The molecule has 23 heavy (non-hydrogen) atoms. The highest BCUT2D eigenvalue weighted by atomic mass is 19.1. The van der Waals surface area contributed by atoms with Crippen molar-refractivity contribution in [2.24, 2.45) is 7.05 Å². The molecule has 0 spiro atoms. The molecule has 1 aromatic carbocycles. The van der Waals surface area contributed by atoms with Crippen LogP contribution in [0.5, 0.6) is 0 Å². The molecule has 116 valence electrons. The average Bonchev–Trinajstić information content (AvgIpc) is 3.00. The Balaban J connectivity index is 1.94. The number of nitrogens with zero attached hydrogens (tertiary/aromatic N) is 3. The Hall–Kier alpha value is -3.02. The quantitative estimate of drug-likeness (QED) is 0.805. The van der Waals surface area contributed by atoms with Gasteiger partial charge in [0.25, 0.3) is 5.91 Å². The zero-order valence-corrected chi connectivity index (χ0v) is 12.5. The minimum Gasteiger partial charge on any atom is -0.337 e. The van der Waals surface area contributed by atoms with Crippen molar-refractivity contribution in [2.75, 3.05) is 0 Å². The molecule has 1 N–H and O–H groups in total. The summed E-state index contributed by atoms with van der Waals surface area (Å²) < 4.78 is 15.0. The molecule has 0 saturated carbocycles. The highest BCUT2D eigenvalue weighted by molar-refractivity contribution is 5.92. The molecule has 0 aliphatic heterocycles. The van der Waals surface area contributed by atoms with Crippen molar-refractivity contribution in [1.82, 2.24) is 19.9 Å². The molecule has 2 aromatic heterocycles. The minimum atomic E-state index is -0.495. The Morgan fingerprint density at radius 1 is 1.13 bits per heavy atom. The van der Waals surface area contributed by atoms with Gasteiger partial charge in [0, 0.05) is 25.6 Å². The average molecular weight is 310 g/mol. The van der Waals surface area contributed by atoms with E-state index in [0.717, 1.165) is 5.56 Å². The first-order valence-corrected chi connectivity index (χ1v) is 7.10. The maximum atomic E-state index is 13.2. The monoisotopic (exact) mass is 310 g/mol. The van der Waals surface area contributed by atoms with Crippen LogP contribution < -0.4 is 5.32 Å². The van der Waals surface area contributed by atoms with E-state index in [1.54, 1.807) is 48.9 Å². The van der Waals surface area contributed by atoms with E-state index in [0.29, 0.717) is 11.5 Å². The number of nitrogens with one attached hydrogen (secondary N) is 1. The third-order valence-electron chi connectivity index (χ3n) is 3.49. The molecule has 1 amide bonds. The highest BCUT2D eigenvalue weighted by Gasteiger charge is 2.21. The first-order valence-electron chi connectivity index (χ1n) is 7.10. The second-order valence-corrected chi connectivity index (χ2v) is 5.07. The van der Waals surface area contributed by atoms with Crippen LogP contribution in [0.15, 0.2) is 61.1 Å². The maximum absolute atomic E-state index is 13.2. The number of hydrogen-bond donors (Lipinski definition) is 1. The first-order chi connectivity index (χ1) is 11.1. The Kier molecular flexibility index (Phi) is 4.14. The van der Waals surface area contributed by atoms with E-state index in [9.17, 15) is 9.18 Å². The number of amides is 1. The summed E-state index contributed by atoms with van der Waals surface area (Å²) in [4.78, 5) is 20.8. The van der Waals surface area contributed by atoms with Gasteiger partial charge in [-0.2, -0.15) is 0 Å². The zero-order chi connectivity index (χ0) is 16.2. The van der Waals surface area contributed by atoms with Crippen LogP contribution in [-0.4, -0.2) is 20.4 Å². The largest absolute Gasteiger partial charge is 0.337 e. The van der Waals surface area contributed by atoms with Crippen molar-refractivity contribution >= 4 is 5.91 Å². The zero-order valence-electron chi connectivity index (χ0n) is 12.5. The highest BCUT2D eigenvalue weighted by Crippen LogP contribution is 2.21. The summed E-state index contributed by atoms with van der Waals surface area (Å²) in [7, 11) is 1.84. The van der Waals surface area contributed by atoms with E-state index in [2.05, 4.69) is 15.3 Å². The maximum Gasteiger partial charge on any atom is 0.270 e. The lowest BCUT2D eigenvalue weighted by atomic mass is 10.1. The predicted molar refractivity (Wildman–Crippen MR) is 83.2 cm³/mol. The fraction of sp³-hybridized carbons (Fsp3) is 0.118. The second kappa shape index (κ2) is 6.39. The number of hydrogen-bond acceptors (Lipinski definition) is 3. The van der Waals surface area contributed by atoms with Gasteiger partial charge in [0.1, 0.15) is 23.4 Å². The summed E-state index contributed by atoms with van der Waals surface area (Å²) in [5, 5.41) is 2.91. The second-order valence-electron chi connectivity index (χ2n) is 5.07. The van der Waals surface area contributed by atoms with Gasteiger partial charge in [-0.25, -0.2) is 9.37 Å². The number of imidazole rings is 1. The van der Waals surface area contributed by atoms with E-state index in [4.69, 9.17) is 0 Å². The van der Waals surface area contributed by atoms with Crippen LogP contribution in [0, 0.1) is 5.82 Å². The van der Waals surface area contributed by atoms with Crippen molar-refractivity contribution in [2.45, 2.75) is 6.04 Å². The van der Waals surface area contributed by atoms with Crippen molar-refractivity contribution in [3.05, 3.63) is 84.0 Å². The lowest BCUT2D eigenvalue weighted by molar-refractivity contribution is 0.0936. The van der Waals surface area contributed by atoms with Crippen LogP contribution in [0.3, 0.4) is 0 Å². The number of aryl methyl sites for hydroxylation is 1. The lowest BCUT2D eigenvalue weighted by Crippen LogP contribution is -2.31. The summed E-state index contributed by atoms with van der Waals surface area (Å²) in [5.41, 5.74) is 1.05. The third-order valence-corrected chi connectivity index (χ3v) is 3.49. The molecule has 5 nitrogen and oxygen atoms in total. The van der Waals surface area contributed by atoms with Crippen LogP contribution in [0.1, 0.15) is 27.9 Å². The van der Waals surface area contributed by atoms with Crippen LogP contribution >= 0.6 is 0 Å². The molecular formula is C17H15FN4O. The molecule has 1 atom stereocenters. The van der Waals surface area contributed by atoms with Gasteiger partial charge in [0.05, 0.1) is 0 Å². The van der Waals surface area contributed by atoms with Crippen LogP contribution in [0.2, 0.25) is 0 Å². The Morgan fingerprint density at radius 2 is 1.91 bits per heavy atom. The van der Waals surface area contributed by atoms with Gasteiger partial charge in [-0.1, -0.05) is 18.2 Å². The number of aromatic nitrogens is 3. The molecular weight excluding hydrogens is 295 g/mol. The summed E-state index contributed by atoms with van der Waals surface area (Å²) in [6.45, 7) is 0. The summed E-state index contributed by atoms with van der Waals surface area (Å²) in [6, 6.07) is 10.6. The minimum absolute atomic E-state index is 0.314. The SMILES string of the molecule is Cn1ccnc1C(NC(=O)c1ccccn1)c1ccc(F)cc1. The molecule has 0 aliphatic rings. The van der Waals surface area contributed by atoms with Crippen LogP contribution in [0.4, 0.5) is 4.39 Å². The Morgan fingerprint density at radius 3 is 2.52 bits per heavy atom. The molecule has 3 rings (SSSR count). The van der Waals surface area contributed by atoms with Crippen LogP contribution in [-0.2, 0) is 7.05 Å². The number of benzene rings is 1. The first kappa shape index (κ1) is 14.9. The summed E-state index contributed by atoms with van der Waals surface area (Å²) >= 11 is 0.